The Kier molecular flexibility index (Phi) is 20.4. The van der Waals surface area contributed by atoms with Crippen molar-refractivity contribution in [3.8, 4) is 0 Å². The molecule has 2 atom stereocenters. The summed E-state index contributed by atoms with van der Waals surface area (Å²) in [6.07, 6.45) is 16.9. The molecule has 27 heavy (non-hydrogen) atoms. The monoisotopic (exact) mass is 389 g/mol. The normalized spacial score (nSPS) is 14.0. The van der Waals surface area contributed by atoms with Crippen molar-refractivity contribution in [2.75, 3.05) is 19.8 Å². The van der Waals surface area contributed by atoms with Gasteiger partial charge in [0, 0.05) is 13.2 Å². The maximum absolute atomic E-state index is 9.03. The summed E-state index contributed by atoms with van der Waals surface area (Å²) >= 11 is 0. The fourth-order valence-electron chi connectivity index (χ4n) is 3.08. The number of hydroxylamine groups is 2. The van der Waals surface area contributed by atoms with Crippen LogP contribution >= 0.6 is 0 Å². The molecule has 0 aliphatic rings. The standard InChI is InChI=1S/C22H47NO4/c1-4-5-6-7-8-9-10-11-12-13-14-15-18-23(26-21(2)16-19-24)27-22(3)17-20-25/h21-22,24-25H,4-20H2,1-3H3. The molecule has 2 N–H and O–H groups in total. The zero-order chi connectivity index (χ0) is 20.2. The van der Waals surface area contributed by atoms with Crippen LogP contribution in [0.4, 0.5) is 0 Å². The molecule has 0 saturated heterocycles. The molecular weight excluding hydrogens is 342 g/mol. The van der Waals surface area contributed by atoms with E-state index in [0.717, 1.165) is 13.0 Å². The lowest BCUT2D eigenvalue weighted by molar-refractivity contribution is -0.399. The first-order valence-corrected chi connectivity index (χ1v) is 11.5. The molecule has 0 amide bonds. The van der Waals surface area contributed by atoms with Crippen molar-refractivity contribution < 1.29 is 19.9 Å². The second-order valence-electron chi connectivity index (χ2n) is 7.80. The van der Waals surface area contributed by atoms with Gasteiger partial charge in [0.25, 0.3) is 0 Å². The Bertz CT molecular complexity index is 277. The minimum Gasteiger partial charge on any atom is -0.396 e. The van der Waals surface area contributed by atoms with E-state index in [1.807, 2.05) is 13.8 Å². The van der Waals surface area contributed by atoms with Crippen molar-refractivity contribution in [3.05, 3.63) is 0 Å². The van der Waals surface area contributed by atoms with Gasteiger partial charge in [-0.2, -0.15) is 0 Å². The van der Waals surface area contributed by atoms with Crippen molar-refractivity contribution in [2.24, 2.45) is 0 Å². The van der Waals surface area contributed by atoms with E-state index in [1.165, 1.54) is 70.6 Å². The van der Waals surface area contributed by atoms with Crippen molar-refractivity contribution >= 4 is 0 Å². The number of hydrogen-bond donors (Lipinski definition) is 2. The van der Waals surface area contributed by atoms with Crippen LogP contribution in [0.3, 0.4) is 0 Å². The number of aliphatic hydroxyl groups excluding tert-OH is 2. The maximum atomic E-state index is 9.03. The predicted octanol–water partition coefficient (Wildman–Crippen LogP) is 5.39. The highest BCUT2D eigenvalue weighted by Crippen LogP contribution is 2.13. The molecule has 164 valence electrons. The molecule has 5 heteroatoms. The van der Waals surface area contributed by atoms with E-state index in [0.29, 0.717) is 12.8 Å². The first-order valence-electron chi connectivity index (χ1n) is 11.5. The lowest BCUT2D eigenvalue weighted by atomic mass is 10.1. The van der Waals surface area contributed by atoms with Gasteiger partial charge >= 0.3 is 0 Å². The van der Waals surface area contributed by atoms with Gasteiger partial charge in [-0.1, -0.05) is 82.8 Å². The van der Waals surface area contributed by atoms with E-state index >= 15 is 0 Å². The molecule has 0 aromatic rings. The van der Waals surface area contributed by atoms with Crippen LogP contribution in [0.2, 0.25) is 0 Å². The van der Waals surface area contributed by atoms with Crippen molar-refractivity contribution in [1.82, 2.24) is 5.23 Å². The van der Waals surface area contributed by atoms with Crippen LogP contribution in [0.1, 0.15) is 111 Å². The summed E-state index contributed by atoms with van der Waals surface area (Å²) < 4.78 is 0. The molecule has 0 bridgehead atoms. The molecular formula is C22H47NO4. The summed E-state index contributed by atoms with van der Waals surface area (Å²) in [7, 11) is 0. The number of nitrogens with zero attached hydrogens (tertiary/aromatic N) is 1. The summed E-state index contributed by atoms with van der Waals surface area (Å²) in [5.41, 5.74) is 0. The third-order valence-electron chi connectivity index (χ3n) is 4.86. The zero-order valence-corrected chi connectivity index (χ0v) is 18.3. The van der Waals surface area contributed by atoms with Gasteiger partial charge in [0.2, 0.25) is 0 Å². The molecule has 0 aromatic carbocycles. The number of aliphatic hydroxyl groups is 2. The lowest BCUT2D eigenvalue weighted by Crippen LogP contribution is -2.33. The molecule has 0 fully saturated rings. The second-order valence-corrected chi connectivity index (χ2v) is 7.80. The van der Waals surface area contributed by atoms with Gasteiger partial charge in [-0.25, -0.2) is 0 Å². The van der Waals surface area contributed by atoms with E-state index in [9.17, 15) is 0 Å². The Morgan fingerprint density at radius 1 is 0.630 bits per heavy atom. The number of hydrogen-bond acceptors (Lipinski definition) is 5. The highest BCUT2D eigenvalue weighted by molar-refractivity contribution is 4.52. The van der Waals surface area contributed by atoms with Crippen LogP contribution in [0.25, 0.3) is 0 Å². The van der Waals surface area contributed by atoms with Gasteiger partial charge < -0.3 is 10.2 Å². The highest BCUT2D eigenvalue weighted by atomic mass is 17.0. The van der Waals surface area contributed by atoms with Crippen molar-refractivity contribution in [2.45, 2.75) is 123 Å². The fourth-order valence-corrected chi connectivity index (χ4v) is 3.08. The first-order chi connectivity index (χ1) is 13.1. The predicted molar refractivity (Wildman–Crippen MR) is 112 cm³/mol. The van der Waals surface area contributed by atoms with Crippen LogP contribution in [0.15, 0.2) is 0 Å². The van der Waals surface area contributed by atoms with E-state index in [-0.39, 0.29) is 25.4 Å². The Balaban J connectivity index is 3.73. The Labute approximate surface area is 168 Å². The van der Waals surface area contributed by atoms with Gasteiger partial charge in [0.15, 0.2) is 0 Å². The summed E-state index contributed by atoms with van der Waals surface area (Å²) in [5, 5.41) is 19.6. The molecule has 0 spiro atoms. The molecule has 0 saturated carbocycles. The third-order valence-corrected chi connectivity index (χ3v) is 4.86. The lowest BCUT2D eigenvalue weighted by Gasteiger charge is -2.27. The van der Waals surface area contributed by atoms with E-state index in [1.54, 1.807) is 5.23 Å². The Hall–Kier alpha value is -0.200. The molecule has 2 unspecified atom stereocenters. The molecule has 0 aromatic heterocycles. The van der Waals surface area contributed by atoms with E-state index in [2.05, 4.69) is 6.92 Å². The van der Waals surface area contributed by atoms with Gasteiger partial charge in [-0.3, -0.25) is 9.68 Å². The highest BCUT2D eigenvalue weighted by Gasteiger charge is 2.14. The van der Waals surface area contributed by atoms with Gasteiger partial charge in [0.1, 0.15) is 0 Å². The summed E-state index contributed by atoms with van der Waals surface area (Å²) in [5.74, 6) is 0. The summed E-state index contributed by atoms with van der Waals surface area (Å²) in [6.45, 7) is 7.09. The van der Waals surface area contributed by atoms with Crippen LogP contribution in [0.5, 0.6) is 0 Å². The zero-order valence-electron chi connectivity index (χ0n) is 18.3. The van der Waals surface area contributed by atoms with Crippen LogP contribution in [-0.4, -0.2) is 47.4 Å². The largest absolute Gasteiger partial charge is 0.396 e. The minimum atomic E-state index is -0.0753. The topological polar surface area (TPSA) is 62.2 Å². The van der Waals surface area contributed by atoms with Gasteiger partial charge in [0.05, 0.1) is 18.8 Å². The van der Waals surface area contributed by atoms with Gasteiger partial charge in [-0.15, -0.1) is 0 Å². The van der Waals surface area contributed by atoms with Gasteiger partial charge in [-0.05, 0) is 33.1 Å². The molecule has 0 heterocycles. The average Bonchev–Trinajstić information content (AvgIpc) is 2.62. The Morgan fingerprint density at radius 3 is 1.37 bits per heavy atom. The third kappa shape index (κ3) is 18.9. The number of unbranched alkanes of at least 4 members (excludes halogenated alkanes) is 11. The first kappa shape index (κ1) is 26.8. The maximum Gasteiger partial charge on any atom is 0.0813 e. The molecule has 0 aliphatic carbocycles. The molecule has 0 rings (SSSR count). The number of rotatable bonds is 21. The van der Waals surface area contributed by atoms with Crippen LogP contribution < -0.4 is 0 Å². The summed E-state index contributed by atoms with van der Waals surface area (Å²) in [4.78, 5) is 11.6. The SMILES string of the molecule is CCCCCCCCCCCCCCN(OC(C)CCO)OC(C)CCO. The molecule has 5 nitrogen and oxygen atoms in total. The van der Waals surface area contributed by atoms with Crippen molar-refractivity contribution in [1.29, 1.82) is 0 Å². The molecule has 0 aliphatic heterocycles. The van der Waals surface area contributed by atoms with E-state index < -0.39 is 0 Å². The summed E-state index contributed by atoms with van der Waals surface area (Å²) in [6, 6.07) is 0. The fraction of sp³-hybridized carbons (Fsp3) is 1.00. The van der Waals surface area contributed by atoms with Crippen molar-refractivity contribution in [3.63, 3.8) is 0 Å². The molecule has 0 radical (unpaired) electrons. The average molecular weight is 390 g/mol. The van der Waals surface area contributed by atoms with Crippen LogP contribution in [0, 0.1) is 0 Å². The smallest absolute Gasteiger partial charge is 0.0813 e. The minimum absolute atomic E-state index is 0.0753. The quantitative estimate of drug-likeness (QED) is 0.203. The van der Waals surface area contributed by atoms with E-state index in [4.69, 9.17) is 19.9 Å². The Morgan fingerprint density at radius 2 is 1.00 bits per heavy atom. The second kappa shape index (κ2) is 20.5. The van der Waals surface area contributed by atoms with Crippen LogP contribution in [-0.2, 0) is 9.68 Å².